The van der Waals surface area contributed by atoms with Gasteiger partial charge in [0.25, 0.3) is 0 Å². The molecule has 0 bridgehead atoms. The molecule has 2 aliphatic rings. The van der Waals surface area contributed by atoms with Gasteiger partial charge in [-0.05, 0) is 13.0 Å². The molecule has 0 radical (unpaired) electrons. The molecule has 0 aliphatic carbocycles. The summed E-state index contributed by atoms with van der Waals surface area (Å²) < 4.78 is 49.2. The third-order valence-corrected chi connectivity index (χ3v) is 4.66. The maximum atomic E-state index is 14.7. The molecule has 1 aromatic carbocycles. The van der Waals surface area contributed by atoms with E-state index >= 15 is 0 Å². The maximum Gasteiger partial charge on any atom is 0.414 e. The Hall–Kier alpha value is -3.37. The number of cyclic esters (lactones) is 1. The topological polar surface area (TPSA) is 91.4 Å². The Balaban J connectivity index is 1.59. The highest BCUT2D eigenvalue weighted by Gasteiger charge is 2.37. The lowest BCUT2D eigenvalue weighted by atomic mass is 10.1. The zero-order chi connectivity index (χ0) is 20.7. The van der Waals surface area contributed by atoms with E-state index in [2.05, 4.69) is 15.2 Å². The fourth-order valence-corrected chi connectivity index (χ4v) is 3.29. The number of carbonyl (C=O) groups is 2. The summed E-state index contributed by atoms with van der Waals surface area (Å²) in [6.45, 7) is 1.62. The lowest BCUT2D eigenvalue weighted by Gasteiger charge is -2.25. The molecule has 11 heteroatoms. The highest BCUT2D eigenvalue weighted by Crippen LogP contribution is 2.35. The van der Waals surface area contributed by atoms with Gasteiger partial charge in [0.15, 0.2) is 29.1 Å². The smallest absolute Gasteiger partial charge is 0.414 e. The number of halogens is 3. The SMILES string of the molecule is Cc1nc(C[C@H]2CN(c3cc(F)c(N4C=CC(=O)CC4)c(F)c3F)C(=O)O2)n[nH]1. The van der Waals surface area contributed by atoms with Crippen molar-refractivity contribution in [1.82, 2.24) is 15.2 Å². The van der Waals surface area contributed by atoms with Crippen LogP contribution in [0.15, 0.2) is 18.3 Å². The minimum absolute atomic E-state index is 0.0197. The number of ether oxygens (including phenoxy) is 1. The number of amides is 1. The molecular formula is C18H16F3N5O3. The van der Waals surface area contributed by atoms with E-state index in [1.807, 2.05) is 0 Å². The van der Waals surface area contributed by atoms with Gasteiger partial charge in [0, 0.05) is 31.7 Å². The molecular weight excluding hydrogens is 391 g/mol. The molecule has 2 aliphatic heterocycles. The first kappa shape index (κ1) is 19.0. The second-order valence-corrected chi connectivity index (χ2v) is 6.74. The highest BCUT2D eigenvalue weighted by atomic mass is 19.2. The van der Waals surface area contributed by atoms with Crippen LogP contribution >= 0.6 is 0 Å². The summed E-state index contributed by atoms with van der Waals surface area (Å²) in [5, 5.41) is 6.60. The number of carbonyl (C=O) groups excluding carboxylic acids is 2. The normalized spacial score (nSPS) is 19.2. The summed E-state index contributed by atoms with van der Waals surface area (Å²) in [6, 6.07) is 0.749. The van der Waals surface area contributed by atoms with Crippen LogP contribution in [0.5, 0.6) is 0 Å². The van der Waals surface area contributed by atoms with Gasteiger partial charge in [0.05, 0.1) is 12.2 Å². The van der Waals surface area contributed by atoms with Crippen molar-refractivity contribution in [1.29, 1.82) is 0 Å². The summed E-state index contributed by atoms with van der Waals surface area (Å²) in [6.07, 6.45) is 0.978. The second kappa shape index (κ2) is 7.22. The Labute approximate surface area is 163 Å². The molecule has 1 amide bonds. The number of aromatic nitrogens is 3. The summed E-state index contributed by atoms with van der Waals surface area (Å²) in [4.78, 5) is 29.5. The van der Waals surface area contributed by atoms with Crippen molar-refractivity contribution in [2.24, 2.45) is 0 Å². The van der Waals surface area contributed by atoms with Crippen molar-refractivity contribution in [2.75, 3.05) is 22.9 Å². The van der Waals surface area contributed by atoms with Crippen LogP contribution in [0.1, 0.15) is 18.1 Å². The molecule has 3 heterocycles. The molecule has 4 rings (SSSR count). The van der Waals surface area contributed by atoms with E-state index in [1.54, 1.807) is 6.92 Å². The molecule has 2 aromatic rings. The van der Waals surface area contributed by atoms with Crippen LogP contribution in [0.2, 0.25) is 0 Å². The van der Waals surface area contributed by atoms with Crippen molar-refractivity contribution in [3.05, 3.63) is 47.4 Å². The zero-order valence-electron chi connectivity index (χ0n) is 15.3. The van der Waals surface area contributed by atoms with Crippen LogP contribution in [0.3, 0.4) is 0 Å². The van der Waals surface area contributed by atoms with E-state index in [0.717, 1.165) is 15.9 Å². The number of rotatable bonds is 4. The Morgan fingerprint density at radius 1 is 1.28 bits per heavy atom. The number of aromatic amines is 1. The fraction of sp³-hybridized carbons (Fsp3) is 0.333. The van der Waals surface area contributed by atoms with E-state index in [0.29, 0.717) is 11.6 Å². The van der Waals surface area contributed by atoms with Crippen molar-refractivity contribution < 1.29 is 27.5 Å². The minimum atomic E-state index is -1.44. The molecule has 0 saturated carbocycles. The highest BCUT2D eigenvalue weighted by molar-refractivity contribution is 5.92. The average Bonchev–Trinajstić information content (AvgIpc) is 3.25. The molecule has 0 unspecified atom stereocenters. The van der Waals surface area contributed by atoms with E-state index < -0.39 is 41.0 Å². The number of anilines is 2. The molecule has 152 valence electrons. The predicted octanol–water partition coefficient (Wildman–Crippen LogP) is 2.39. The molecule has 1 N–H and O–H groups in total. The van der Waals surface area contributed by atoms with Crippen LogP contribution in [-0.2, 0) is 16.0 Å². The minimum Gasteiger partial charge on any atom is -0.443 e. The van der Waals surface area contributed by atoms with Crippen LogP contribution in [-0.4, -0.2) is 46.3 Å². The molecule has 0 spiro atoms. The van der Waals surface area contributed by atoms with Gasteiger partial charge in [-0.1, -0.05) is 0 Å². The summed E-state index contributed by atoms with van der Waals surface area (Å²) in [7, 11) is 0. The summed E-state index contributed by atoms with van der Waals surface area (Å²) in [5.74, 6) is -3.08. The van der Waals surface area contributed by atoms with Gasteiger partial charge in [0.1, 0.15) is 17.6 Å². The van der Waals surface area contributed by atoms with Gasteiger partial charge < -0.3 is 9.64 Å². The van der Waals surface area contributed by atoms with Gasteiger partial charge in [-0.3, -0.25) is 14.8 Å². The quantitative estimate of drug-likeness (QED) is 0.783. The monoisotopic (exact) mass is 407 g/mol. The van der Waals surface area contributed by atoms with Gasteiger partial charge in [0.2, 0.25) is 0 Å². The number of ketones is 1. The standard InChI is InChI=1S/C18H16F3N5O3/c1-9-22-14(24-23-9)6-11-8-26(18(28)29-11)13-7-12(19)17(16(21)15(13)20)25-4-2-10(27)3-5-25/h2,4,7,11H,3,5-6,8H2,1H3,(H,22,23,24)/t11-/m0/s1. The van der Waals surface area contributed by atoms with Gasteiger partial charge in [-0.25, -0.2) is 22.9 Å². The zero-order valence-corrected chi connectivity index (χ0v) is 15.3. The molecule has 1 saturated heterocycles. The third kappa shape index (κ3) is 3.55. The number of nitrogens with zero attached hydrogens (tertiary/aromatic N) is 4. The number of aryl methyl sites for hydroxylation is 1. The average molecular weight is 407 g/mol. The van der Waals surface area contributed by atoms with Crippen molar-refractivity contribution in [3.8, 4) is 0 Å². The Morgan fingerprint density at radius 3 is 2.72 bits per heavy atom. The predicted molar refractivity (Wildman–Crippen MR) is 94.9 cm³/mol. The van der Waals surface area contributed by atoms with Crippen molar-refractivity contribution in [2.45, 2.75) is 25.9 Å². The van der Waals surface area contributed by atoms with Crippen LogP contribution in [0.25, 0.3) is 0 Å². The molecule has 8 nitrogen and oxygen atoms in total. The number of hydrogen-bond acceptors (Lipinski definition) is 6. The largest absolute Gasteiger partial charge is 0.443 e. The van der Waals surface area contributed by atoms with Gasteiger partial charge in [-0.15, -0.1) is 0 Å². The Bertz CT molecular complexity index is 1020. The lowest BCUT2D eigenvalue weighted by Crippen LogP contribution is -2.29. The molecule has 29 heavy (non-hydrogen) atoms. The first-order chi connectivity index (χ1) is 13.8. The Morgan fingerprint density at radius 2 is 2.07 bits per heavy atom. The van der Waals surface area contributed by atoms with Crippen LogP contribution < -0.4 is 9.80 Å². The van der Waals surface area contributed by atoms with Gasteiger partial charge in [-0.2, -0.15) is 5.10 Å². The number of nitrogens with one attached hydrogen (secondary N) is 1. The maximum absolute atomic E-state index is 14.7. The molecule has 1 fully saturated rings. The third-order valence-electron chi connectivity index (χ3n) is 4.66. The van der Waals surface area contributed by atoms with E-state index in [4.69, 9.17) is 4.74 Å². The van der Waals surface area contributed by atoms with Crippen LogP contribution in [0.4, 0.5) is 29.3 Å². The number of benzene rings is 1. The number of hydrogen-bond donors (Lipinski definition) is 1. The molecule has 1 atom stereocenters. The number of H-pyrrole nitrogens is 1. The lowest BCUT2D eigenvalue weighted by molar-refractivity contribution is -0.114. The van der Waals surface area contributed by atoms with E-state index in [-0.39, 0.29) is 31.7 Å². The second-order valence-electron chi connectivity index (χ2n) is 6.74. The summed E-state index contributed by atoms with van der Waals surface area (Å²) in [5.41, 5.74) is -1.17. The first-order valence-electron chi connectivity index (χ1n) is 8.84. The Kier molecular flexibility index (Phi) is 4.73. The van der Waals surface area contributed by atoms with E-state index in [1.165, 1.54) is 12.3 Å². The van der Waals surface area contributed by atoms with Crippen molar-refractivity contribution in [3.63, 3.8) is 0 Å². The summed E-state index contributed by atoms with van der Waals surface area (Å²) >= 11 is 0. The van der Waals surface area contributed by atoms with Crippen LogP contribution in [0, 0.1) is 24.4 Å². The molecule has 1 aromatic heterocycles. The fourth-order valence-electron chi connectivity index (χ4n) is 3.29. The van der Waals surface area contributed by atoms with Crippen molar-refractivity contribution >= 4 is 23.3 Å². The van der Waals surface area contributed by atoms with Gasteiger partial charge >= 0.3 is 6.09 Å². The van der Waals surface area contributed by atoms with E-state index in [9.17, 15) is 22.8 Å². The first-order valence-corrected chi connectivity index (χ1v) is 8.84. The number of allylic oxidation sites excluding steroid dienone is 1.